The summed E-state index contributed by atoms with van der Waals surface area (Å²) in [7, 11) is 0. The Morgan fingerprint density at radius 3 is 1.24 bits per heavy atom. The van der Waals surface area contributed by atoms with Gasteiger partial charge in [0.25, 0.3) is 0 Å². The van der Waals surface area contributed by atoms with Crippen molar-refractivity contribution in [2.45, 2.75) is 6.18 Å². The number of pyridine rings is 1. The van der Waals surface area contributed by atoms with Gasteiger partial charge in [-0.05, 0) is 121 Å². The van der Waals surface area contributed by atoms with Crippen LogP contribution in [0.25, 0.3) is 66.1 Å². The van der Waals surface area contributed by atoms with Crippen LogP contribution in [0.3, 0.4) is 0 Å². The molecule has 8 aromatic carbocycles. The van der Waals surface area contributed by atoms with E-state index in [4.69, 9.17) is 0 Å². The number of rotatable bonds is 7. The van der Waals surface area contributed by atoms with Gasteiger partial charge in [0.15, 0.2) is 0 Å². The summed E-state index contributed by atoms with van der Waals surface area (Å²) in [6.45, 7) is 0. The molecule has 0 radical (unpaired) electrons. The number of nitrogens with zero attached hydrogens (tertiary/aromatic N) is 2. The lowest BCUT2D eigenvalue weighted by Gasteiger charge is -2.25. The molecule has 0 saturated carbocycles. The largest absolute Gasteiger partial charge is 0.417 e. The maximum absolute atomic E-state index is 13.4. The Hall–Kier alpha value is -6.98. The lowest BCUT2D eigenvalue weighted by atomic mass is 9.84. The molecule has 0 amide bonds. The van der Waals surface area contributed by atoms with E-state index in [2.05, 4.69) is 132 Å². The van der Waals surface area contributed by atoms with Crippen molar-refractivity contribution in [3.63, 3.8) is 0 Å². The molecule has 0 unspecified atom stereocenters. The zero-order chi connectivity index (χ0) is 37.4. The van der Waals surface area contributed by atoms with Gasteiger partial charge in [-0.2, -0.15) is 13.2 Å². The molecule has 0 fully saturated rings. The number of hydrogen-bond donors (Lipinski definition) is 0. The van der Waals surface area contributed by atoms with Crippen LogP contribution in [0.15, 0.2) is 200 Å². The molecular weight excluding hydrogens is 686 g/mol. The quantitative estimate of drug-likeness (QED) is 0.153. The number of halogens is 3. The predicted molar refractivity (Wildman–Crippen MR) is 221 cm³/mol. The summed E-state index contributed by atoms with van der Waals surface area (Å²) in [5.74, 6) is 0.389. The van der Waals surface area contributed by atoms with E-state index in [-0.39, 0.29) is 0 Å². The van der Waals surface area contributed by atoms with E-state index in [1.807, 2.05) is 59.5 Å². The lowest BCUT2D eigenvalue weighted by molar-refractivity contribution is -0.137. The fraction of sp³-hybridized carbons (Fsp3) is 0.0200. The number of fused-ring (bicyclic) bond motifs is 2. The standard InChI is InChI=1S/C50H33F3N2/c51-50(52,53)40-26-29-47(54-33-40)55(41-18-8-3-9-19-41)42-27-24-36(25-28-42)48-43-20-10-12-22-45(43)49(46-23-13-11-21-44(46)48)39-31-37(34-14-4-1-5-15-34)30-38(32-39)35-16-6-2-7-17-35/h1-33H. The molecule has 5 heteroatoms. The van der Waals surface area contributed by atoms with Gasteiger partial charge >= 0.3 is 6.18 Å². The molecule has 0 spiro atoms. The minimum absolute atomic E-state index is 0.389. The summed E-state index contributed by atoms with van der Waals surface area (Å²) < 4.78 is 40.3. The van der Waals surface area contributed by atoms with Crippen molar-refractivity contribution in [1.29, 1.82) is 0 Å². The highest BCUT2D eigenvalue weighted by Gasteiger charge is 2.31. The summed E-state index contributed by atoms with van der Waals surface area (Å²) in [5.41, 5.74) is 9.83. The number of anilines is 3. The highest BCUT2D eigenvalue weighted by molar-refractivity contribution is 6.21. The van der Waals surface area contributed by atoms with Gasteiger partial charge in [0.1, 0.15) is 5.82 Å². The number of benzene rings is 8. The first kappa shape index (κ1) is 33.8. The van der Waals surface area contributed by atoms with E-state index in [1.165, 1.54) is 11.6 Å². The summed E-state index contributed by atoms with van der Waals surface area (Å²) >= 11 is 0. The Labute approximate surface area is 317 Å². The molecule has 9 rings (SSSR count). The van der Waals surface area contributed by atoms with Crippen LogP contribution in [0.4, 0.5) is 30.4 Å². The molecule has 0 aliphatic carbocycles. The normalized spacial score (nSPS) is 11.5. The second-order valence-electron chi connectivity index (χ2n) is 13.5. The van der Waals surface area contributed by atoms with Gasteiger partial charge in [-0.1, -0.05) is 140 Å². The van der Waals surface area contributed by atoms with Gasteiger partial charge in [-0.3, -0.25) is 4.90 Å². The molecule has 0 aliphatic heterocycles. The number of hydrogen-bond acceptors (Lipinski definition) is 2. The van der Waals surface area contributed by atoms with Gasteiger partial charge in [0.2, 0.25) is 0 Å². The highest BCUT2D eigenvalue weighted by Crippen LogP contribution is 2.46. The van der Waals surface area contributed by atoms with Crippen molar-refractivity contribution < 1.29 is 13.2 Å². The van der Waals surface area contributed by atoms with Crippen molar-refractivity contribution in [3.8, 4) is 44.5 Å². The minimum Gasteiger partial charge on any atom is -0.295 e. The second-order valence-corrected chi connectivity index (χ2v) is 13.5. The van der Waals surface area contributed by atoms with E-state index >= 15 is 0 Å². The number of aromatic nitrogens is 1. The van der Waals surface area contributed by atoms with E-state index < -0.39 is 11.7 Å². The van der Waals surface area contributed by atoms with Crippen molar-refractivity contribution >= 4 is 38.7 Å². The Bertz CT molecular complexity index is 2650. The Kier molecular flexibility index (Phi) is 8.68. The Morgan fingerprint density at radius 1 is 0.364 bits per heavy atom. The van der Waals surface area contributed by atoms with Crippen molar-refractivity contribution in [3.05, 3.63) is 206 Å². The molecular formula is C50H33F3N2. The van der Waals surface area contributed by atoms with Gasteiger partial charge in [-0.25, -0.2) is 4.98 Å². The first-order chi connectivity index (χ1) is 26.9. The highest BCUT2D eigenvalue weighted by atomic mass is 19.4. The molecule has 1 aromatic heterocycles. The molecule has 9 aromatic rings. The third-order valence-corrected chi connectivity index (χ3v) is 10.1. The monoisotopic (exact) mass is 718 g/mol. The van der Waals surface area contributed by atoms with Crippen molar-refractivity contribution in [2.75, 3.05) is 4.90 Å². The predicted octanol–water partition coefficient (Wildman–Crippen LogP) is 14.5. The van der Waals surface area contributed by atoms with Crippen LogP contribution in [0.5, 0.6) is 0 Å². The first-order valence-corrected chi connectivity index (χ1v) is 18.1. The van der Waals surface area contributed by atoms with Crippen LogP contribution < -0.4 is 4.90 Å². The van der Waals surface area contributed by atoms with Crippen LogP contribution in [-0.4, -0.2) is 4.98 Å². The molecule has 55 heavy (non-hydrogen) atoms. The van der Waals surface area contributed by atoms with Crippen LogP contribution >= 0.6 is 0 Å². The van der Waals surface area contributed by atoms with Crippen molar-refractivity contribution in [2.24, 2.45) is 0 Å². The molecule has 264 valence electrons. The Balaban J connectivity index is 1.22. The third kappa shape index (κ3) is 6.51. The summed E-state index contributed by atoms with van der Waals surface area (Å²) in [6, 6.07) is 65.3. The summed E-state index contributed by atoms with van der Waals surface area (Å²) in [5, 5.41) is 4.54. The zero-order valence-electron chi connectivity index (χ0n) is 29.6. The number of alkyl halides is 3. The zero-order valence-corrected chi connectivity index (χ0v) is 29.6. The smallest absolute Gasteiger partial charge is 0.295 e. The topological polar surface area (TPSA) is 16.1 Å². The lowest BCUT2D eigenvalue weighted by Crippen LogP contribution is -2.13. The van der Waals surface area contributed by atoms with Gasteiger partial charge < -0.3 is 0 Å². The van der Waals surface area contributed by atoms with E-state index in [1.54, 1.807) is 0 Å². The van der Waals surface area contributed by atoms with Crippen molar-refractivity contribution in [1.82, 2.24) is 4.98 Å². The summed E-state index contributed by atoms with van der Waals surface area (Å²) in [4.78, 5) is 6.12. The average molecular weight is 719 g/mol. The first-order valence-electron chi connectivity index (χ1n) is 18.1. The second kappa shape index (κ2) is 14.1. The minimum atomic E-state index is -4.47. The van der Waals surface area contributed by atoms with Crippen LogP contribution in [-0.2, 0) is 6.18 Å². The molecule has 0 saturated heterocycles. The van der Waals surface area contributed by atoms with Crippen LogP contribution in [0.1, 0.15) is 5.56 Å². The molecule has 0 aliphatic rings. The molecule has 0 bridgehead atoms. The van der Waals surface area contributed by atoms with E-state index in [9.17, 15) is 13.2 Å². The molecule has 0 atom stereocenters. The Morgan fingerprint density at radius 2 is 0.782 bits per heavy atom. The molecule has 1 heterocycles. The van der Waals surface area contributed by atoms with E-state index in [0.29, 0.717) is 5.82 Å². The maximum atomic E-state index is 13.4. The fourth-order valence-corrected chi connectivity index (χ4v) is 7.57. The van der Waals surface area contributed by atoms with Gasteiger partial charge in [0.05, 0.1) is 5.56 Å². The van der Waals surface area contributed by atoms with E-state index in [0.717, 1.165) is 84.1 Å². The summed E-state index contributed by atoms with van der Waals surface area (Å²) in [6.07, 6.45) is -3.58. The van der Waals surface area contributed by atoms with Crippen LogP contribution in [0, 0.1) is 0 Å². The number of para-hydroxylation sites is 1. The van der Waals surface area contributed by atoms with Gasteiger partial charge in [0, 0.05) is 17.6 Å². The fourth-order valence-electron chi connectivity index (χ4n) is 7.57. The van der Waals surface area contributed by atoms with Gasteiger partial charge in [-0.15, -0.1) is 0 Å². The van der Waals surface area contributed by atoms with Crippen LogP contribution in [0.2, 0.25) is 0 Å². The maximum Gasteiger partial charge on any atom is 0.417 e. The SMILES string of the molecule is FC(F)(F)c1ccc(N(c2ccccc2)c2ccc(-c3c4ccccc4c(-c4cc(-c5ccccc5)cc(-c5ccccc5)c4)c4ccccc34)cc2)nc1. The molecule has 2 nitrogen and oxygen atoms in total. The molecule has 0 N–H and O–H groups in total. The average Bonchev–Trinajstić information content (AvgIpc) is 3.24. The third-order valence-electron chi connectivity index (χ3n) is 10.1.